The van der Waals surface area contributed by atoms with Gasteiger partial charge in [0.05, 0.1) is 6.61 Å². The van der Waals surface area contributed by atoms with Crippen molar-refractivity contribution in [3.05, 3.63) is 60.8 Å². The van der Waals surface area contributed by atoms with Gasteiger partial charge in [-0.25, -0.2) is 0 Å². The molecule has 0 saturated heterocycles. The summed E-state index contributed by atoms with van der Waals surface area (Å²) < 4.78 is 17.4. The summed E-state index contributed by atoms with van der Waals surface area (Å²) in [5.74, 6) is -0.414. The number of allylic oxidation sites excluding steroid dienone is 10. The van der Waals surface area contributed by atoms with Crippen LogP contribution in [0.5, 0.6) is 0 Å². The van der Waals surface area contributed by atoms with Crippen LogP contribution in [0.15, 0.2) is 60.8 Å². The third-order valence-electron chi connectivity index (χ3n) is 12.0. The van der Waals surface area contributed by atoms with E-state index in [1.54, 1.807) is 0 Å². The maximum atomic E-state index is 12.8. The Bertz CT molecular complexity index is 1100. The van der Waals surface area contributed by atoms with Crippen LogP contribution in [0, 0.1) is 0 Å². The lowest BCUT2D eigenvalue weighted by atomic mass is 10.0. The van der Waals surface area contributed by atoms with Gasteiger partial charge in [0.25, 0.3) is 0 Å². The molecule has 5 nitrogen and oxygen atoms in total. The third-order valence-corrected chi connectivity index (χ3v) is 12.0. The van der Waals surface area contributed by atoms with Crippen LogP contribution < -0.4 is 0 Å². The molecule has 0 saturated carbocycles. The molecule has 0 radical (unpaired) electrons. The summed E-state index contributed by atoms with van der Waals surface area (Å²) in [7, 11) is 0. The van der Waals surface area contributed by atoms with Crippen molar-refractivity contribution in [1.29, 1.82) is 0 Å². The molecular weight excluding hydrogens is 789 g/mol. The topological polar surface area (TPSA) is 61.8 Å². The quantitative estimate of drug-likeness (QED) is 0.0346. The van der Waals surface area contributed by atoms with Crippen molar-refractivity contribution in [2.75, 3.05) is 19.8 Å². The lowest BCUT2D eigenvalue weighted by Crippen LogP contribution is -2.30. The standard InChI is InChI=1S/C59H106O5/c1-4-7-10-13-16-19-22-24-26-28-30-31-33-35-38-40-43-46-49-52-58(60)63-56-57(64-59(61)53-50-47-44-41-37-21-18-15-12-9-6-3)55-62-54-51-48-45-42-39-36-34-32-29-27-25-23-20-17-14-11-8-5-2/h7,10,15-16,18-19,24,26,30-31,57H,4-6,8-9,11-14,17,20-23,25,27-29,32-56H2,1-3H3/b10-7-,18-15-,19-16-,26-24-,31-30-. The summed E-state index contributed by atoms with van der Waals surface area (Å²) in [6, 6.07) is 0. The van der Waals surface area contributed by atoms with E-state index in [9.17, 15) is 9.59 Å². The molecule has 372 valence electrons. The minimum absolute atomic E-state index is 0.0762. The van der Waals surface area contributed by atoms with Gasteiger partial charge in [-0.1, -0.05) is 248 Å². The molecule has 0 N–H and O–H groups in total. The van der Waals surface area contributed by atoms with Gasteiger partial charge in [-0.3, -0.25) is 9.59 Å². The SMILES string of the molecule is CC/C=C\C/C=C\C/C=C\C/C=C\CCCCCCCCC(=O)OCC(COCCCCCCCCCCCCCCCCCCCC)OC(=O)CCCCCCC/C=C\CCCC. The minimum atomic E-state index is -0.545. The fourth-order valence-corrected chi connectivity index (χ4v) is 7.90. The van der Waals surface area contributed by atoms with Crippen molar-refractivity contribution in [2.24, 2.45) is 0 Å². The Labute approximate surface area is 398 Å². The maximum absolute atomic E-state index is 12.8. The number of hydrogen-bond acceptors (Lipinski definition) is 5. The van der Waals surface area contributed by atoms with Crippen molar-refractivity contribution >= 4 is 11.9 Å². The number of unbranched alkanes of at least 4 members (excludes halogenated alkanes) is 30. The van der Waals surface area contributed by atoms with Gasteiger partial charge in [0, 0.05) is 19.4 Å². The molecule has 0 aliphatic heterocycles. The van der Waals surface area contributed by atoms with E-state index < -0.39 is 6.10 Å². The largest absolute Gasteiger partial charge is 0.462 e. The molecule has 1 unspecified atom stereocenters. The molecule has 0 aromatic rings. The molecular formula is C59H106O5. The Morgan fingerprint density at radius 3 is 1.19 bits per heavy atom. The van der Waals surface area contributed by atoms with Crippen LogP contribution >= 0.6 is 0 Å². The fourth-order valence-electron chi connectivity index (χ4n) is 7.90. The zero-order valence-corrected chi connectivity index (χ0v) is 42.8. The fraction of sp³-hybridized carbons (Fsp3) is 0.797. The van der Waals surface area contributed by atoms with E-state index in [0.717, 1.165) is 89.9 Å². The molecule has 1 atom stereocenters. The normalized spacial score (nSPS) is 12.6. The molecule has 0 fully saturated rings. The van der Waals surface area contributed by atoms with Gasteiger partial charge in [0.2, 0.25) is 0 Å². The van der Waals surface area contributed by atoms with E-state index in [1.165, 1.54) is 154 Å². The molecule has 0 amide bonds. The van der Waals surface area contributed by atoms with E-state index >= 15 is 0 Å². The lowest BCUT2D eigenvalue weighted by molar-refractivity contribution is -0.163. The third kappa shape index (κ3) is 52.2. The van der Waals surface area contributed by atoms with Crippen LogP contribution in [0.3, 0.4) is 0 Å². The van der Waals surface area contributed by atoms with Gasteiger partial charge >= 0.3 is 11.9 Å². The first-order valence-corrected chi connectivity index (χ1v) is 27.8. The van der Waals surface area contributed by atoms with Gasteiger partial charge in [0.1, 0.15) is 6.61 Å². The van der Waals surface area contributed by atoms with Crippen LogP contribution in [0.25, 0.3) is 0 Å². The van der Waals surface area contributed by atoms with Gasteiger partial charge in [-0.05, 0) is 77.0 Å². The van der Waals surface area contributed by atoms with Gasteiger partial charge in [-0.2, -0.15) is 0 Å². The Kier molecular flexibility index (Phi) is 52.9. The predicted molar refractivity (Wildman–Crippen MR) is 279 cm³/mol. The molecule has 0 aliphatic carbocycles. The number of rotatable bonds is 51. The van der Waals surface area contributed by atoms with Crippen molar-refractivity contribution in [3.8, 4) is 0 Å². The molecule has 64 heavy (non-hydrogen) atoms. The highest BCUT2D eigenvalue weighted by molar-refractivity contribution is 5.70. The average Bonchev–Trinajstić information content (AvgIpc) is 3.30. The smallest absolute Gasteiger partial charge is 0.306 e. The first-order valence-electron chi connectivity index (χ1n) is 27.8. The van der Waals surface area contributed by atoms with Gasteiger partial charge in [-0.15, -0.1) is 0 Å². The minimum Gasteiger partial charge on any atom is -0.462 e. The number of ether oxygens (including phenoxy) is 3. The van der Waals surface area contributed by atoms with Crippen LogP contribution in [-0.4, -0.2) is 37.9 Å². The van der Waals surface area contributed by atoms with E-state index in [1.807, 2.05) is 0 Å². The Morgan fingerprint density at radius 2 is 0.719 bits per heavy atom. The van der Waals surface area contributed by atoms with Crippen LogP contribution in [0.1, 0.15) is 278 Å². The highest BCUT2D eigenvalue weighted by Gasteiger charge is 2.17. The summed E-state index contributed by atoms with van der Waals surface area (Å²) in [6.07, 6.45) is 69.5. The molecule has 0 aromatic carbocycles. The van der Waals surface area contributed by atoms with E-state index in [4.69, 9.17) is 14.2 Å². The first kappa shape index (κ1) is 61.6. The zero-order chi connectivity index (χ0) is 46.3. The second-order valence-electron chi connectivity index (χ2n) is 18.5. The number of carbonyl (C=O) groups is 2. The molecule has 0 heterocycles. The van der Waals surface area contributed by atoms with Gasteiger partial charge in [0.15, 0.2) is 6.10 Å². The van der Waals surface area contributed by atoms with Crippen LogP contribution in [0.2, 0.25) is 0 Å². The van der Waals surface area contributed by atoms with E-state index in [-0.39, 0.29) is 25.2 Å². The molecule has 0 spiro atoms. The first-order chi connectivity index (χ1) is 31.6. The summed E-state index contributed by atoms with van der Waals surface area (Å²) >= 11 is 0. The monoisotopic (exact) mass is 895 g/mol. The van der Waals surface area contributed by atoms with Crippen LogP contribution in [-0.2, 0) is 23.8 Å². The zero-order valence-electron chi connectivity index (χ0n) is 42.8. The number of hydrogen-bond donors (Lipinski definition) is 0. The summed E-state index contributed by atoms with van der Waals surface area (Å²) in [6.45, 7) is 7.70. The average molecular weight is 895 g/mol. The van der Waals surface area contributed by atoms with E-state index in [2.05, 4.69) is 81.5 Å². The Balaban J connectivity index is 4.22. The lowest BCUT2D eigenvalue weighted by Gasteiger charge is -2.18. The molecule has 0 bridgehead atoms. The molecule has 0 rings (SSSR count). The second kappa shape index (κ2) is 54.9. The highest BCUT2D eigenvalue weighted by Crippen LogP contribution is 2.16. The molecule has 5 heteroatoms. The Hall–Kier alpha value is -2.40. The Morgan fingerprint density at radius 1 is 0.359 bits per heavy atom. The van der Waals surface area contributed by atoms with E-state index in [0.29, 0.717) is 19.4 Å². The van der Waals surface area contributed by atoms with Crippen molar-refractivity contribution in [1.82, 2.24) is 0 Å². The predicted octanol–water partition coefficient (Wildman–Crippen LogP) is 18.9. The van der Waals surface area contributed by atoms with Crippen molar-refractivity contribution < 1.29 is 23.8 Å². The number of esters is 2. The molecule has 0 aromatic heterocycles. The number of carbonyl (C=O) groups excluding carboxylic acids is 2. The van der Waals surface area contributed by atoms with Crippen LogP contribution in [0.4, 0.5) is 0 Å². The molecule has 0 aliphatic rings. The summed E-state index contributed by atoms with van der Waals surface area (Å²) in [4.78, 5) is 25.4. The summed E-state index contributed by atoms with van der Waals surface area (Å²) in [5.41, 5.74) is 0. The highest BCUT2D eigenvalue weighted by atomic mass is 16.6. The second-order valence-corrected chi connectivity index (χ2v) is 18.5. The summed E-state index contributed by atoms with van der Waals surface area (Å²) in [5, 5.41) is 0. The van der Waals surface area contributed by atoms with Gasteiger partial charge < -0.3 is 14.2 Å². The van der Waals surface area contributed by atoms with Crippen molar-refractivity contribution in [2.45, 2.75) is 284 Å². The van der Waals surface area contributed by atoms with Crippen molar-refractivity contribution in [3.63, 3.8) is 0 Å². The maximum Gasteiger partial charge on any atom is 0.306 e.